The number of rotatable bonds is 2. The molecule has 0 aromatic carbocycles. The van der Waals surface area contributed by atoms with E-state index in [2.05, 4.69) is 30.1 Å². The lowest BCUT2D eigenvalue weighted by Gasteiger charge is -2.00. The zero-order valence-corrected chi connectivity index (χ0v) is 10.4. The second-order valence-corrected chi connectivity index (χ2v) is 4.32. The third kappa shape index (κ3) is 1.48. The van der Waals surface area contributed by atoms with Gasteiger partial charge in [0.1, 0.15) is 17.5 Å². The highest BCUT2D eigenvalue weighted by Crippen LogP contribution is 2.19. The molecule has 4 rings (SSSR count). The molecule has 20 heavy (non-hydrogen) atoms. The van der Waals surface area contributed by atoms with E-state index in [1.165, 1.54) is 0 Å². The van der Waals surface area contributed by atoms with Crippen LogP contribution in [0.15, 0.2) is 31.0 Å². The summed E-state index contributed by atoms with van der Waals surface area (Å²) in [6.07, 6.45) is 4.96. The molecule has 0 fully saturated rings. The first-order chi connectivity index (χ1) is 9.86. The molecule has 8 heteroatoms. The van der Waals surface area contributed by atoms with E-state index in [1.807, 2.05) is 12.1 Å². The molecule has 0 radical (unpaired) electrons. The summed E-state index contributed by atoms with van der Waals surface area (Å²) in [7, 11) is 0. The number of hydrogen-bond acceptors (Lipinski definition) is 6. The van der Waals surface area contributed by atoms with Gasteiger partial charge >= 0.3 is 0 Å². The van der Waals surface area contributed by atoms with Gasteiger partial charge in [-0.2, -0.15) is 0 Å². The van der Waals surface area contributed by atoms with E-state index in [-0.39, 0.29) is 0 Å². The van der Waals surface area contributed by atoms with Crippen LogP contribution in [0.2, 0.25) is 0 Å². The lowest BCUT2D eigenvalue weighted by Crippen LogP contribution is -1.98. The quantitative estimate of drug-likeness (QED) is 0.547. The third-order valence-electron chi connectivity index (χ3n) is 3.12. The Labute approximate surface area is 112 Å². The van der Waals surface area contributed by atoms with E-state index in [4.69, 9.17) is 5.73 Å². The molecule has 3 N–H and O–H groups in total. The van der Waals surface area contributed by atoms with Crippen LogP contribution in [0.5, 0.6) is 0 Å². The van der Waals surface area contributed by atoms with Crippen LogP contribution in [0.4, 0.5) is 0 Å². The Bertz CT molecular complexity index is 889. The second-order valence-electron chi connectivity index (χ2n) is 4.32. The van der Waals surface area contributed by atoms with Gasteiger partial charge in [-0.15, -0.1) is 10.2 Å². The highest BCUT2D eigenvalue weighted by molar-refractivity contribution is 5.85. The lowest BCUT2D eigenvalue weighted by molar-refractivity contribution is 1.03. The van der Waals surface area contributed by atoms with Gasteiger partial charge in [-0.3, -0.25) is 9.38 Å². The number of nitrogens with zero attached hydrogens (tertiary/aromatic N) is 6. The molecule has 0 unspecified atom stereocenters. The number of aromatic amines is 1. The largest absolute Gasteiger partial charge is 0.340 e. The van der Waals surface area contributed by atoms with E-state index in [0.717, 1.165) is 16.8 Å². The first kappa shape index (κ1) is 11.0. The maximum atomic E-state index is 5.57. The Kier molecular flexibility index (Phi) is 2.24. The maximum Gasteiger partial charge on any atom is 0.190 e. The van der Waals surface area contributed by atoms with Crippen LogP contribution in [0.3, 0.4) is 0 Å². The molecule has 0 saturated heterocycles. The molecule has 0 aliphatic heterocycles. The van der Waals surface area contributed by atoms with Gasteiger partial charge < -0.3 is 10.7 Å². The maximum absolute atomic E-state index is 5.57. The molecule has 0 bridgehead atoms. The predicted octanol–water partition coefficient (Wildman–Crippen LogP) is 0.521. The van der Waals surface area contributed by atoms with Crippen molar-refractivity contribution in [3.05, 3.63) is 36.5 Å². The SMILES string of the molecule is NCc1ccc(-c2nnc3c4[nH]cnc4ncn23)nc1. The van der Waals surface area contributed by atoms with Crippen molar-refractivity contribution in [3.63, 3.8) is 0 Å². The molecular weight excluding hydrogens is 256 g/mol. The highest BCUT2D eigenvalue weighted by Gasteiger charge is 2.13. The summed E-state index contributed by atoms with van der Waals surface area (Å²) in [4.78, 5) is 15.7. The van der Waals surface area contributed by atoms with Gasteiger partial charge in [0, 0.05) is 12.7 Å². The fourth-order valence-corrected chi connectivity index (χ4v) is 2.09. The van der Waals surface area contributed by atoms with Crippen molar-refractivity contribution < 1.29 is 0 Å². The van der Waals surface area contributed by atoms with E-state index in [9.17, 15) is 0 Å². The summed E-state index contributed by atoms with van der Waals surface area (Å²) in [5, 5.41) is 8.36. The molecule has 0 saturated carbocycles. The van der Waals surface area contributed by atoms with Crippen molar-refractivity contribution in [2.45, 2.75) is 6.54 Å². The number of pyridine rings is 1. The predicted molar refractivity (Wildman–Crippen MR) is 71.6 cm³/mol. The van der Waals surface area contributed by atoms with Gasteiger partial charge in [-0.05, 0) is 11.6 Å². The average molecular weight is 266 g/mol. The number of nitrogens with two attached hydrogens (primary N) is 1. The van der Waals surface area contributed by atoms with Crippen molar-refractivity contribution in [2.24, 2.45) is 5.73 Å². The fourth-order valence-electron chi connectivity index (χ4n) is 2.09. The van der Waals surface area contributed by atoms with Crippen LogP contribution in [-0.2, 0) is 6.54 Å². The van der Waals surface area contributed by atoms with Crippen LogP contribution >= 0.6 is 0 Å². The molecule has 0 aliphatic rings. The first-order valence-electron chi connectivity index (χ1n) is 6.05. The standard InChI is InChI=1S/C12H10N8/c13-3-7-1-2-8(14-4-7)11-18-19-12-9-10(16-5-15-9)17-6-20(11)12/h1-2,4-6H,3,13H2,(H,15,16). The van der Waals surface area contributed by atoms with Crippen molar-refractivity contribution in [1.29, 1.82) is 0 Å². The molecule has 8 nitrogen and oxygen atoms in total. The summed E-state index contributed by atoms with van der Waals surface area (Å²) in [5.41, 5.74) is 9.29. The zero-order valence-electron chi connectivity index (χ0n) is 10.4. The summed E-state index contributed by atoms with van der Waals surface area (Å²) < 4.78 is 1.78. The summed E-state index contributed by atoms with van der Waals surface area (Å²) in [5.74, 6) is 0.632. The highest BCUT2D eigenvalue weighted by atomic mass is 15.3. The molecule has 4 heterocycles. The molecule has 0 spiro atoms. The van der Waals surface area contributed by atoms with Crippen molar-refractivity contribution in [3.8, 4) is 11.5 Å². The van der Waals surface area contributed by atoms with Gasteiger partial charge in [0.05, 0.1) is 6.33 Å². The summed E-state index contributed by atoms with van der Waals surface area (Å²) >= 11 is 0. The molecular formula is C12H10N8. The van der Waals surface area contributed by atoms with Crippen molar-refractivity contribution in [2.75, 3.05) is 0 Å². The van der Waals surface area contributed by atoms with E-state index >= 15 is 0 Å². The van der Waals surface area contributed by atoms with Crippen LogP contribution in [0.1, 0.15) is 5.56 Å². The first-order valence-corrected chi connectivity index (χ1v) is 6.05. The molecule has 0 atom stereocenters. The molecule has 4 aromatic heterocycles. The normalized spacial score (nSPS) is 11.4. The average Bonchev–Trinajstić information content (AvgIpc) is 3.13. The number of nitrogens with one attached hydrogen (secondary N) is 1. The Morgan fingerprint density at radius 2 is 2.10 bits per heavy atom. The van der Waals surface area contributed by atoms with Crippen LogP contribution in [0.25, 0.3) is 28.3 Å². The minimum absolute atomic E-state index is 0.462. The minimum atomic E-state index is 0.462. The zero-order chi connectivity index (χ0) is 13.5. The van der Waals surface area contributed by atoms with Crippen molar-refractivity contribution in [1.82, 2.24) is 34.5 Å². The number of hydrogen-bond donors (Lipinski definition) is 2. The van der Waals surface area contributed by atoms with Gasteiger partial charge in [-0.25, -0.2) is 9.97 Å². The van der Waals surface area contributed by atoms with Gasteiger partial charge in [-0.1, -0.05) is 6.07 Å². The molecule has 98 valence electrons. The number of imidazole rings is 1. The van der Waals surface area contributed by atoms with E-state index in [0.29, 0.717) is 23.7 Å². The molecule has 0 aliphatic carbocycles. The molecule has 0 amide bonds. The van der Waals surface area contributed by atoms with E-state index in [1.54, 1.807) is 23.3 Å². The topological polar surface area (TPSA) is 111 Å². The number of H-pyrrole nitrogens is 1. The third-order valence-corrected chi connectivity index (χ3v) is 3.12. The van der Waals surface area contributed by atoms with Crippen LogP contribution in [-0.4, -0.2) is 34.5 Å². The lowest BCUT2D eigenvalue weighted by atomic mass is 10.2. The minimum Gasteiger partial charge on any atom is -0.340 e. The number of aromatic nitrogens is 7. The van der Waals surface area contributed by atoms with Gasteiger partial charge in [0.15, 0.2) is 17.1 Å². The van der Waals surface area contributed by atoms with Crippen LogP contribution < -0.4 is 5.73 Å². The monoisotopic (exact) mass is 266 g/mol. The Hall–Kier alpha value is -2.87. The Morgan fingerprint density at radius 1 is 1.15 bits per heavy atom. The fraction of sp³-hybridized carbons (Fsp3) is 0.0833. The van der Waals surface area contributed by atoms with E-state index < -0.39 is 0 Å². The Balaban J connectivity index is 1.94. The van der Waals surface area contributed by atoms with Gasteiger partial charge in [0.2, 0.25) is 0 Å². The van der Waals surface area contributed by atoms with Gasteiger partial charge in [0.25, 0.3) is 0 Å². The summed E-state index contributed by atoms with van der Waals surface area (Å²) in [6.45, 7) is 0.462. The van der Waals surface area contributed by atoms with Crippen molar-refractivity contribution >= 4 is 16.8 Å². The Morgan fingerprint density at radius 3 is 2.90 bits per heavy atom. The molecule has 4 aromatic rings. The number of fused-ring (bicyclic) bond motifs is 3. The smallest absolute Gasteiger partial charge is 0.190 e. The van der Waals surface area contributed by atoms with Crippen LogP contribution in [0, 0.1) is 0 Å². The summed E-state index contributed by atoms with van der Waals surface area (Å²) in [6, 6.07) is 3.79. The second kappa shape index (κ2) is 4.07.